The highest BCUT2D eigenvalue weighted by atomic mass is 32.2. The summed E-state index contributed by atoms with van der Waals surface area (Å²) in [6.07, 6.45) is 1.13. The molecule has 1 aromatic heterocycles. The molecular formula is C14H18N4O3S3. The van der Waals surface area contributed by atoms with Gasteiger partial charge in [0.15, 0.2) is 10.1 Å². The minimum atomic E-state index is -3.31. The molecule has 130 valence electrons. The van der Waals surface area contributed by atoms with Crippen LogP contribution in [0.15, 0.2) is 28.6 Å². The first-order valence-electron chi connectivity index (χ1n) is 7.08. The lowest BCUT2D eigenvalue weighted by atomic mass is 10.1. The fourth-order valence-electron chi connectivity index (χ4n) is 1.75. The molecule has 0 unspecified atom stereocenters. The smallest absolute Gasteiger partial charge is 0.231 e. The predicted molar refractivity (Wildman–Crippen MR) is 98.8 cm³/mol. The highest BCUT2D eigenvalue weighted by Gasteiger charge is 2.14. The van der Waals surface area contributed by atoms with Crippen LogP contribution in [0.4, 0.5) is 10.8 Å². The van der Waals surface area contributed by atoms with Gasteiger partial charge in [0.25, 0.3) is 0 Å². The number of aromatic nitrogens is 2. The zero-order valence-electron chi connectivity index (χ0n) is 13.5. The Balaban J connectivity index is 1.97. The molecule has 0 spiro atoms. The molecule has 0 saturated heterocycles. The third-order valence-electron chi connectivity index (χ3n) is 3.11. The molecule has 0 aliphatic carbocycles. The molecule has 2 rings (SSSR count). The van der Waals surface area contributed by atoms with E-state index in [1.54, 1.807) is 24.3 Å². The van der Waals surface area contributed by atoms with Gasteiger partial charge in [0.1, 0.15) is 0 Å². The van der Waals surface area contributed by atoms with Crippen LogP contribution in [0.25, 0.3) is 0 Å². The zero-order chi connectivity index (χ0) is 17.7. The van der Waals surface area contributed by atoms with E-state index in [-0.39, 0.29) is 11.5 Å². The van der Waals surface area contributed by atoms with Crippen molar-refractivity contribution in [3.63, 3.8) is 0 Å². The fraction of sp³-hybridized carbons (Fsp3) is 0.357. The van der Waals surface area contributed by atoms with Gasteiger partial charge in [-0.3, -0.25) is 9.10 Å². The molecular weight excluding hydrogens is 368 g/mol. The summed E-state index contributed by atoms with van der Waals surface area (Å²) in [7, 11) is -1.84. The molecule has 1 N–H and O–H groups in total. The number of carbonyl (C=O) groups is 1. The van der Waals surface area contributed by atoms with Crippen molar-refractivity contribution in [2.24, 2.45) is 0 Å². The van der Waals surface area contributed by atoms with Crippen LogP contribution in [0.2, 0.25) is 0 Å². The Morgan fingerprint density at radius 3 is 2.54 bits per heavy atom. The van der Waals surface area contributed by atoms with Crippen LogP contribution in [0.3, 0.4) is 0 Å². The molecule has 2 aromatic rings. The van der Waals surface area contributed by atoms with E-state index in [9.17, 15) is 13.2 Å². The van der Waals surface area contributed by atoms with E-state index in [0.717, 1.165) is 22.3 Å². The van der Waals surface area contributed by atoms with Gasteiger partial charge in [-0.25, -0.2) is 8.42 Å². The summed E-state index contributed by atoms with van der Waals surface area (Å²) in [5.41, 5.74) is 1.05. The molecule has 0 fully saturated rings. The average Bonchev–Trinajstić information content (AvgIpc) is 2.99. The first-order valence-corrected chi connectivity index (χ1v) is 10.7. The quantitative estimate of drug-likeness (QED) is 0.550. The van der Waals surface area contributed by atoms with Gasteiger partial charge in [-0.2, -0.15) is 0 Å². The van der Waals surface area contributed by atoms with Gasteiger partial charge in [0.2, 0.25) is 15.2 Å². The minimum Gasteiger partial charge on any atom is -0.360 e. The molecule has 1 heterocycles. The van der Waals surface area contributed by atoms with Gasteiger partial charge in [-0.1, -0.05) is 23.1 Å². The van der Waals surface area contributed by atoms with Crippen molar-refractivity contribution in [1.29, 1.82) is 0 Å². The summed E-state index contributed by atoms with van der Waals surface area (Å²) >= 11 is 2.74. The molecule has 10 heteroatoms. The average molecular weight is 387 g/mol. The van der Waals surface area contributed by atoms with Crippen LogP contribution in [0, 0.1) is 0 Å². The number of thioether (sulfide) groups is 1. The van der Waals surface area contributed by atoms with E-state index in [0.29, 0.717) is 11.3 Å². The third kappa shape index (κ3) is 4.92. The molecule has 0 bridgehead atoms. The van der Waals surface area contributed by atoms with Crippen molar-refractivity contribution >= 4 is 49.7 Å². The second kappa shape index (κ2) is 7.95. The Hall–Kier alpha value is -1.65. The lowest BCUT2D eigenvalue weighted by molar-refractivity contribution is 0.102. The SMILES string of the molecule is CCNc1nnc(SCC(=O)c2ccc(N(C)S(C)(=O)=O)cc2)s1. The lowest BCUT2D eigenvalue weighted by Crippen LogP contribution is -2.24. The number of hydrogen-bond acceptors (Lipinski definition) is 8. The van der Waals surface area contributed by atoms with E-state index in [1.165, 1.54) is 34.5 Å². The standard InChI is InChI=1S/C14H18N4O3S3/c1-4-15-13-16-17-14(23-13)22-9-12(19)10-5-7-11(8-6-10)18(2)24(3,20)21/h5-8H,4,9H2,1-3H3,(H,15,16). The van der Waals surface area contributed by atoms with Crippen LogP contribution in [0.5, 0.6) is 0 Å². The van der Waals surface area contributed by atoms with Gasteiger partial charge in [-0.05, 0) is 31.2 Å². The van der Waals surface area contributed by atoms with Crippen molar-refractivity contribution in [2.75, 3.05) is 35.2 Å². The number of benzene rings is 1. The minimum absolute atomic E-state index is 0.0474. The Bertz CT molecular complexity index is 803. The lowest BCUT2D eigenvalue weighted by Gasteiger charge is -2.16. The van der Waals surface area contributed by atoms with Gasteiger partial charge < -0.3 is 5.32 Å². The number of ketones is 1. The Labute approximate surface area is 149 Å². The molecule has 0 aliphatic rings. The van der Waals surface area contributed by atoms with Crippen molar-refractivity contribution < 1.29 is 13.2 Å². The Kier molecular flexibility index (Phi) is 6.19. The summed E-state index contributed by atoms with van der Waals surface area (Å²) in [5.74, 6) is 0.205. The Morgan fingerprint density at radius 2 is 1.96 bits per heavy atom. The first-order chi connectivity index (χ1) is 11.3. The largest absolute Gasteiger partial charge is 0.360 e. The number of rotatable bonds is 8. The van der Waals surface area contributed by atoms with Crippen molar-refractivity contribution in [3.05, 3.63) is 29.8 Å². The summed E-state index contributed by atoms with van der Waals surface area (Å²) in [5, 5.41) is 11.8. The van der Waals surface area contributed by atoms with Crippen LogP contribution < -0.4 is 9.62 Å². The molecule has 7 nitrogen and oxygen atoms in total. The summed E-state index contributed by atoms with van der Waals surface area (Å²) in [4.78, 5) is 12.2. The second-order valence-electron chi connectivity index (χ2n) is 4.89. The first kappa shape index (κ1) is 18.7. The maximum Gasteiger partial charge on any atom is 0.231 e. The van der Waals surface area contributed by atoms with E-state index < -0.39 is 10.0 Å². The van der Waals surface area contributed by atoms with Gasteiger partial charge in [0.05, 0.1) is 17.7 Å². The normalized spacial score (nSPS) is 11.3. The molecule has 0 aliphatic heterocycles. The predicted octanol–water partition coefficient (Wildman–Crippen LogP) is 2.34. The maximum absolute atomic E-state index is 12.2. The molecule has 0 amide bonds. The van der Waals surface area contributed by atoms with Crippen LogP contribution in [-0.2, 0) is 10.0 Å². The second-order valence-corrected chi connectivity index (χ2v) is 9.11. The molecule has 0 radical (unpaired) electrons. The third-order valence-corrected chi connectivity index (χ3v) is 6.33. The number of nitrogens with one attached hydrogen (secondary N) is 1. The highest BCUT2D eigenvalue weighted by Crippen LogP contribution is 2.26. The molecule has 1 aromatic carbocycles. The summed E-state index contributed by atoms with van der Waals surface area (Å²) < 4.78 is 24.9. The van der Waals surface area contributed by atoms with Gasteiger partial charge in [0, 0.05) is 19.2 Å². The number of sulfonamides is 1. The summed E-state index contributed by atoms with van der Waals surface area (Å²) in [6, 6.07) is 6.49. The topological polar surface area (TPSA) is 92.3 Å². The zero-order valence-corrected chi connectivity index (χ0v) is 16.0. The number of anilines is 2. The van der Waals surface area contributed by atoms with E-state index in [2.05, 4.69) is 15.5 Å². The number of Topliss-reactive ketones (excluding diaryl/α,β-unsaturated/α-hetero) is 1. The van der Waals surface area contributed by atoms with E-state index in [4.69, 9.17) is 0 Å². The van der Waals surface area contributed by atoms with Gasteiger partial charge in [-0.15, -0.1) is 10.2 Å². The van der Waals surface area contributed by atoms with Crippen LogP contribution in [0.1, 0.15) is 17.3 Å². The fourth-order valence-corrected chi connectivity index (χ4v) is 3.97. The molecule has 0 atom stereocenters. The van der Waals surface area contributed by atoms with Crippen molar-refractivity contribution in [2.45, 2.75) is 11.3 Å². The highest BCUT2D eigenvalue weighted by molar-refractivity contribution is 8.01. The number of hydrogen-bond donors (Lipinski definition) is 1. The van der Waals surface area contributed by atoms with Gasteiger partial charge >= 0.3 is 0 Å². The number of carbonyl (C=O) groups excluding carboxylic acids is 1. The van der Waals surface area contributed by atoms with Crippen LogP contribution >= 0.6 is 23.1 Å². The van der Waals surface area contributed by atoms with Crippen molar-refractivity contribution in [3.8, 4) is 0 Å². The molecule has 24 heavy (non-hydrogen) atoms. The van der Waals surface area contributed by atoms with E-state index in [1.807, 2.05) is 6.92 Å². The Morgan fingerprint density at radius 1 is 1.29 bits per heavy atom. The van der Waals surface area contributed by atoms with E-state index >= 15 is 0 Å². The van der Waals surface area contributed by atoms with Crippen molar-refractivity contribution in [1.82, 2.24) is 10.2 Å². The molecule has 0 saturated carbocycles. The number of nitrogens with zero attached hydrogens (tertiary/aromatic N) is 3. The monoisotopic (exact) mass is 386 g/mol. The summed E-state index contributed by atoms with van der Waals surface area (Å²) in [6.45, 7) is 2.75. The maximum atomic E-state index is 12.2. The van der Waals surface area contributed by atoms with Crippen LogP contribution in [-0.4, -0.2) is 50.0 Å².